The third kappa shape index (κ3) is 26.4. The van der Waals surface area contributed by atoms with Gasteiger partial charge in [0.15, 0.2) is 22.3 Å². The number of piperidine rings is 2. The van der Waals surface area contributed by atoms with Gasteiger partial charge in [-0.25, -0.2) is 9.59 Å². The molecule has 4 heterocycles. The molecule has 15 N–H and O–H groups in total. The second-order valence-electron chi connectivity index (χ2n) is 20.6. The first-order valence-corrected chi connectivity index (χ1v) is 27.4. The fraction of sp³-hybridized carbons (Fsp3) is 0.667. The number of halogens is 2. The van der Waals surface area contributed by atoms with Crippen LogP contribution in [0.3, 0.4) is 0 Å². The van der Waals surface area contributed by atoms with Crippen molar-refractivity contribution in [2.75, 3.05) is 131 Å². The fourth-order valence-corrected chi connectivity index (χ4v) is 10.0. The highest BCUT2D eigenvalue weighted by molar-refractivity contribution is 6.37. The van der Waals surface area contributed by atoms with E-state index in [2.05, 4.69) is 21.3 Å². The summed E-state index contributed by atoms with van der Waals surface area (Å²) in [4.78, 5) is 200. The molecule has 0 aromatic heterocycles. The molecule has 4 aliphatic rings. The van der Waals surface area contributed by atoms with Crippen LogP contribution >= 0.6 is 23.2 Å². The van der Waals surface area contributed by atoms with Crippen molar-refractivity contribution in [3.8, 4) is 0 Å². The summed E-state index contributed by atoms with van der Waals surface area (Å²) in [6.45, 7) is -0.397. The summed E-state index contributed by atoms with van der Waals surface area (Å²) < 4.78 is 0. The number of amides is 7. The van der Waals surface area contributed by atoms with Crippen molar-refractivity contribution in [2.45, 2.75) is 73.2 Å². The Morgan fingerprint density at radius 1 is 0.488 bits per heavy atom. The van der Waals surface area contributed by atoms with Gasteiger partial charge < -0.3 is 63.4 Å². The number of Topliss-reactive ketones (excluding diaryl/α,β-unsaturated/α-hetero) is 5. The van der Waals surface area contributed by atoms with Crippen LogP contribution in [0.2, 0.25) is 0 Å². The molecule has 480 valence electrons. The van der Waals surface area contributed by atoms with Crippen molar-refractivity contribution in [3.63, 3.8) is 0 Å². The Morgan fingerprint density at radius 2 is 0.826 bits per heavy atom. The predicted molar refractivity (Wildman–Crippen MR) is 292 cm³/mol. The number of carbonyl (C=O) groups excluding carboxylic acids is 10. The van der Waals surface area contributed by atoms with E-state index in [1.165, 1.54) is 14.7 Å². The van der Waals surface area contributed by atoms with Gasteiger partial charge in [0, 0.05) is 111 Å². The number of aliphatic carboxylic acids is 6. The number of ketones is 5. The van der Waals surface area contributed by atoms with Gasteiger partial charge in [-0.2, -0.15) is 0 Å². The SMILES string of the molecule is NC(=O)NC(Cl)(CC(=O)[C@@H]1CC(=O)CC(=O)N1)C(=O)CN1CCN(CC(=O)O)CCN(CC(=O)O)CCN(CC(=O)O)CC1.NC(=O)NC(Cl)(NC(=O)[C@@H]1CC(=O)CC(=O)N1)C(=O)CCC(C(=O)O)N1CCN(CC(=O)O)CCN(CC(=O)O)CC1. The lowest BCUT2D eigenvalue weighted by Gasteiger charge is -2.34. The highest BCUT2D eigenvalue weighted by Crippen LogP contribution is 2.23. The van der Waals surface area contributed by atoms with Gasteiger partial charge in [0.25, 0.3) is 5.12 Å². The van der Waals surface area contributed by atoms with Crippen LogP contribution < -0.4 is 38.1 Å². The number of hydrogen-bond donors (Lipinski definition) is 13. The maximum atomic E-state index is 13.5. The summed E-state index contributed by atoms with van der Waals surface area (Å²) in [5.41, 5.74) is 10.4. The van der Waals surface area contributed by atoms with Gasteiger partial charge in [-0.05, 0) is 6.42 Å². The molecule has 4 fully saturated rings. The van der Waals surface area contributed by atoms with Crippen LogP contribution in [0, 0.1) is 0 Å². The molecule has 0 aromatic rings. The summed E-state index contributed by atoms with van der Waals surface area (Å²) in [5.74, 6) is -13.1. The van der Waals surface area contributed by atoms with E-state index >= 15 is 0 Å². The number of nitrogens with one attached hydrogen (secondary N) is 5. The van der Waals surface area contributed by atoms with Gasteiger partial charge >= 0.3 is 47.9 Å². The summed E-state index contributed by atoms with van der Waals surface area (Å²) >= 11 is 12.7. The Hall–Kier alpha value is -7.58. The van der Waals surface area contributed by atoms with Crippen molar-refractivity contribution in [1.29, 1.82) is 0 Å². The number of nitrogens with zero attached hydrogens (tertiary/aromatic N) is 7. The fourth-order valence-electron chi connectivity index (χ4n) is 9.46. The molecule has 38 heteroatoms. The lowest BCUT2D eigenvalue weighted by Crippen LogP contribution is -2.66. The van der Waals surface area contributed by atoms with Crippen LogP contribution in [-0.2, 0) is 67.1 Å². The zero-order valence-electron chi connectivity index (χ0n) is 46.6. The summed E-state index contributed by atoms with van der Waals surface area (Å²) in [5, 5.41) is 64.5. The van der Waals surface area contributed by atoms with Gasteiger partial charge in [0.05, 0.1) is 64.6 Å². The first kappa shape index (κ1) is 72.7. The second-order valence-corrected chi connectivity index (χ2v) is 21.8. The Balaban J connectivity index is 0.000000451. The molecule has 0 bridgehead atoms. The van der Waals surface area contributed by atoms with Crippen molar-refractivity contribution < 1.29 is 107 Å². The van der Waals surface area contributed by atoms with E-state index in [4.69, 9.17) is 34.7 Å². The molecule has 4 saturated heterocycles. The molecular formula is C48H72Cl2N14O22. The van der Waals surface area contributed by atoms with E-state index in [1.807, 2.05) is 5.32 Å². The van der Waals surface area contributed by atoms with E-state index < -0.39 is 155 Å². The van der Waals surface area contributed by atoms with E-state index in [0.29, 0.717) is 0 Å². The van der Waals surface area contributed by atoms with Crippen molar-refractivity contribution in [2.24, 2.45) is 11.5 Å². The normalized spacial score (nSPS) is 21.5. The van der Waals surface area contributed by atoms with Crippen molar-refractivity contribution in [1.82, 2.24) is 60.9 Å². The number of carboxylic acid groups (broad SMARTS) is 6. The minimum absolute atomic E-state index is 0.0665. The average Bonchev–Trinajstić information content (AvgIpc) is 2.38. The molecule has 0 aromatic carbocycles. The van der Waals surface area contributed by atoms with Crippen LogP contribution in [-0.4, -0.2) is 319 Å². The third-order valence-electron chi connectivity index (χ3n) is 13.7. The number of primary amides is 2. The summed E-state index contributed by atoms with van der Waals surface area (Å²) in [6.07, 6.45) is -3.30. The lowest BCUT2D eigenvalue weighted by molar-refractivity contribution is -0.145. The molecule has 0 spiro atoms. The van der Waals surface area contributed by atoms with Crippen LogP contribution in [0.4, 0.5) is 9.59 Å². The molecule has 4 rings (SSSR count). The van der Waals surface area contributed by atoms with Gasteiger partial charge in [0.1, 0.15) is 23.7 Å². The third-order valence-corrected chi connectivity index (χ3v) is 14.6. The molecule has 4 aliphatic heterocycles. The van der Waals surface area contributed by atoms with E-state index in [1.54, 1.807) is 19.6 Å². The number of nitrogens with two attached hydrogens (primary N) is 2. The van der Waals surface area contributed by atoms with Crippen LogP contribution in [0.15, 0.2) is 0 Å². The highest BCUT2D eigenvalue weighted by Gasteiger charge is 2.45. The Bertz CT molecular complexity index is 2490. The number of carboxylic acids is 6. The van der Waals surface area contributed by atoms with Crippen molar-refractivity contribution in [3.05, 3.63) is 0 Å². The maximum absolute atomic E-state index is 13.5. The second kappa shape index (κ2) is 34.5. The lowest BCUT2D eigenvalue weighted by atomic mass is 9.94. The van der Waals surface area contributed by atoms with Gasteiger partial charge in [-0.1, -0.05) is 23.2 Å². The number of carbonyl (C=O) groups is 16. The van der Waals surface area contributed by atoms with Crippen LogP contribution in [0.1, 0.15) is 44.9 Å². The van der Waals surface area contributed by atoms with Gasteiger partial charge in [-0.15, -0.1) is 0 Å². The average molecular weight is 1270 g/mol. The molecule has 36 nitrogen and oxygen atoms in total. The van der Waals surface area contributed by atoms with Crippen LogP contribution in [0.5, 0.6) is 0 Å². The highest BCUT2D eigenvalue weighted by atomic mass is 35.5. The first-order valence-electron chi connectivity index (χ1n) is 26.6. The predicted octanol–water partition coefficient (Wildman–Crippen LogP) is -7.16. The molecule has 0 aliphatic carbocycles. The Labute approximate surface area is 500 Å². The molecular weight excluding hydrogens is 1200 g/mol. The minimum atomic E-state index is -2.64. The molecule has 0 radical (unpaired) electrons. The minimum Gasteiger partial charge on any atom is -0.480 e. The van der Waals surface area contributed by atoms with Crippen LogP contribution in [0.25, 0.3) is 0 Å². The summed E-state index contributed by atoms with van der Waals surface area (Å²) in [6, 6.07) is -6.48. The molecule has 5 atom stereocenters. The topological polar surface area (TPSA) is 529 Å². The smallest absolute Gasteiger partial charge is 0.320 e. The standard InChI is InChI=1S/C25H38ClN7O11.C23H34ClN7O11/c26-25(29-24(27)44,11-18(35)17-9-16(34)10-20(37)28-17)19(36)12-30-1-3-31(13-21(38)39)5-7-33(15-23(42)43)8-6-32(4-2-30)14-22(40)41;24-23(28-22(25)42,27-20(39)14-9-13(32)10-17(34)26-14)16(33)2-1-15(21(40)41)31-7-5-29(11-18(35)36)3-4-30(6-8-31)12-19(37)38/h17H,1-15H2,(H,28,37)(H,38,39)(H,40,41)(H,42,43)(H3,27,29,44);14-15H,1-12H2,(H,26,34)(H,27,39)(H,35,36)(H,37,38)(H,40,41)(H3,25,28,42)/t17-,25?;14-,15?,23?/m00/s1. The molecule has 7 amide bonds. The van der Waals surface area contributed by atoms with Crippen molar-refractivity contribution >= 4 is 118 Å². The molecule has 0 saturated carbocycles. The zero-order valence-corrected chi connectivity index (χ0v) is 48.1. The van der Waals surface area contributed by atoms with Gasteiger partial charge in [0.2, 0.25) is 17.7 Å². The zero-order chi connectivity index (χ0) is 64.6. The molecule has 3 unspecified atom stereocenters. The molecule has 86 heavy (non-hydrogen) atoms. The number of alkyl halides is 2. The first-order chi connectivity index (χ1) is 40.1. The Morgan fingerprint density at radius 3 is 1.16 bits per heavy atom. The Kier molecular flexibility index (Phi) is 29.2. The largest absolute Gasteiger partial charge is 0.480 e. The van der Waals surface area contributed by atoms with E-state index in [9.17, 15) is 107 Å². The number of hydrogen-bond acceptors (Lipinski definition) is 23. The monoisotopic (exact) mass is 1270 g/mol. The summed E-state index contributed by atoms with van der Waals surface area (Å²) in [7, 11) is 0. The number of rotatable bonds is 26. The number of urea groups is 2. The maximum Gasteiger partial charge on any atom is 0.320 e. The quantitative estimate of drug-likeness (QED) is 0.0166. The van der Waals surface area contributed by atoms with E-state index in [-0.39, 0.29) is 144 Å². The van der Waals surface area contributed by atoms with Gasteiger partial charge in [-0.3, -0.25) is 107 Å². The van der Waals surface area contributed by atoms with E-state index in [0.717, 1.165) is 0 Å².